The van der Waals surface area contributed by atoms with Gasteiger partial charge in [0.1, 0.15) is 5.82 Å². The molecule has 33 heavy (non-hydrogen) atoms. The number of hydrogen-bond donors (Lipinski definition) is 3. The van der Waals surface area contributed by atoms with E-state index < -0.39 is 0 Å². The average Bonchev–Trinajstić information content (AvgIpc) is 2.85. The molecule has 0 spiro atoms. The number of terminal acetylenes is 1. The van der Waals surface area contributed by atoms with Crippen molar-refractivity contribution in [1.29, 1.82) is 0 Å². The van der Waals surface area contributed by atoms with Crippen molar-refractivity contribution in [2.45, 2.75) is 0 Å². The number of aromatic nitrogens is 4. The largest absolute Gasteiger partial charge is 0.395 e. The van der Waals surface area contributed by atoms with Crippen LogP contribution in [-0.4, -0.2) is 75.2 Å². The molecule has 10 heteroatoms. The van der Waals surface area contributed by atoms with Crippen LogP contribution in [0.5, 0.6) is 0 Å². The molecule has 0 aliphatic carbocycles. The van der Waals surface area contributed by atoms with Crippen molar-refractivity contribution in [2.24, 2.45) is 0 Å². The third-order valence-electron chi connectivity index (χ3n) is 5.12. The second-order valence-electron chi connectivity index (χ2n) is 7.36. The van der Waals surface area contributed by atoms with Crippen molar-refractivity contribution in [3.05, 3.63) is 60.0 Å². The minimum atomic E-state index is -0.252. The SMILES string of the molecule is C#Cc1nc(Nc2ccc(C(=O)Nc3ccccc3)cn2)nc(N2CCN(CCO)CC2)n1. The number of carbonyl (C=O) groups is 1. The van der Waals surface area contributed by atoms with Gasteiger partial charge in [-0.1, -0.05) is 18.2 Å². The number of pyridine rings is 1. The van der Waals surface area contributed by atoms with Gasteiger partial charge in [-0.2, -0.15) is 15.0 Å². The fourth-order valence-electron chi connectivity index (χ4n) is 3.38. The van der Waals surface area contributed by atoms with E-state index in [-0.39, 0.29) is 24.3 Å². The highest BCUT2D eigenvalue weighted by Gasteiger charge is 2.20. The van der Waals surface area contributed by atoms with E-state index in [1.807, 2.05) is 35.2 Å². The molecule has 0 saturated carbocycles. The average molecular weight is 444 g/mol. The van der Waals surface area contributed by atoms with Crippen LogP contribution in [0, 0.1) is 12.3 Å². The molecule has 168 valence electrons. The standard InChI is InChI=1S/C23H24N8O2/c1-2-19-26-22(29-23(28-19)31-12-10-30(11-13-31)14-15-32)27-20-9-8-17(16-24-20)21(33)25-18-6-4-3-5-7-18/h1,3-9,16,32H,10-15H2,(H,25,33)(H,24,26,27,28,29). The van der Waals surface area contributed by atoms with Gasteiger partial charge in [0, 0.05) is 44.6 Å². The topological polar surface area (TPSA) is 119 Å². The number of hydrogen-bond acceptors (Lipinski definition) is 9. The van der Waals surface area contributed by atoms with Gasteiger partial charge in [0.25, 0.3) is 5.91 Å². The number of carbonyl (C=O) groups excluding carboxylic acids is 1. The summed E-state index contributed by atoms with van der Waals surface area (Å²) in [6.45, 7) is 3.83. The second kappa shape index (κ2) is 10.5. The molecule has 0 radical (unpaired) electrons. The molecule has 1 aliphatic heterocycles. The van der Waals surface area contributed by atoms with Crippen LogP contribution in [-0.2, 0) is 0 Å². The van der Waals surface area contributed by atoms with Crippen LogP contribution in [0.25, 0.3) is 0 Å². The number of anilines is 4. The van der Waals surface area contributed by atoms with Gasteiger partial charge in [0.15, 0.2) is 0 Å². The Labute approximate surface area is 191 Å². The Bertz CT molecular complexity index is 1120. The number of β-amino-alcohol motifs (C(OH)–C–C–N with tert-alkyl or cyclic N) is 1. The van der Waals surface area contributed by atoms with Crippen LogP contribution < -0.4 is 15.5 Å². The first-order valence-corrected chi connectivity index (χ1v) is 10.5. The monoisotopic (exact) mass is 444 g/mol. The van der Waals surface area contributed by atoms with Crippen molar-refractivity contribution >= 4 is 29.3 Å². The number of amides is 1. The summed E-state index contributed by atoms with van der Waals surface area (Å²) in [5, 5.41) is 15.0. The van der Waals surface area contributed by atoms with E-state index in [4.69, 9.17) is 11.5 Å². The van der Waals surface area contributed by atoms with Gasteiger partial charge < -0.3 is 20.6 Å². The Balaban J connectivity index is 1.43. The number of rotatable bonds is 7. The lowest BCUT2D eigenvalue weighted by Crippen LogP contribution is -2.47. The molecule has 3 N–H and O–H groups in total. The van der Waals surface area contributed by atoms with Gasteiger partial charge in [-0.15, -0.1) is 6.42 Å². The van der Waals surface area contributed by atoms with E-state index in [0.29, 0.717) is 29.6 Å². The number of aliphatic hydroxyl groups excluding tert-OH is 1. The van der Waals surface area contributed by atoms with E-state index in [0.717, 1.165) is 26.2 Å². The molecule has 1 aromatic carbocycles. The molecular weight excluding hydrogens is 420 g/mol. The van der Waals surface area contributed by atoms with Crippen molar-refractivity contribution in [3.8, 4) is 12.3 Å². The zero-order valence-electron chi connectivity index (χ0n) is 18.0. The first-order valence-electron chi connectivity index (χ1n) is 10.5. The summed E-state index contributed by atoms with van der Waals surface area (Å²) >= 11 is 0. The summed E-state index contributed by atoms with van der Waals surface area (Å²) in [6.07, 6.45) is 7.02. The molecule has 3 aromatic rings. The maximum absolute atomic E-state index is 12.4. The number of aliphatic hydroxyl groups is 1. The molecular formula is C23H24N8O2. The highest BCUT2D eigenvalue weighted by molar-refractivity contribution is 6.04. The van der Waals surface area contributed by atoms with Crippen LogP contribution in [0.4, 0.5) is 23.4 Å². The zero-order chi connectivity index (χ0) is 23.0. The minimum Gasteiger partial charge on any atom is -0.395 e. The van der Waals surface area contributed by atoms with E-state index in [2.05, 4.69) is 41.4 Å². The van der Waals surface area contributed by atoms with Gasteiger partial charge >= 0.3 is 0 Å². The Kier molecular flexibility index (Phi) is 7.04. The number of para-hydroxylation sites is 1. The van der Waals surface area contributed by atoms with Crippen LogP contribution in [0.2, 0.25) is 0 Å². The minimum absolute atomic E-state index is 0.140. The van der Waals surface area contributed by atoms with Crippen molar-refractivity contribution in [3.63, 3.8) is 0 Å². The maximum Gasteiger partial charge on any atom is 0.257 e. The van der Waals surface area contributed by atoms with Crippen LogP contribution in [0.1, 0.15) is 16.2 Å². The normalized spacial score (nSPS) is 13.9. The Morgan fingerprint density at radius 3 is 2.52 bits per heavy atom. The molecule has 10 nitrogen and oxygen atoms in total. The van der Waals surface area contributed by atoms with Gasteiger partial charge in [-0.25, -0.2) is 4.98 Å². The number of benzene rings is 1. The molecule has 3 heterocycles. The molecule has 1 fully saturated rings. The summed E-state index contributed by atoms with van der Waals surface area (Å²) in [5.41, 5.74) is 1.13. The van der Waals surface area contributed by atoms with E-state index in [1.54, 1.807) is 12.1 Å². The summed E-state index contributed by atoms with van der Waals surface area (Å²) in [7, 11) is 0. The number of piperazine rings is 1. The summed E-state index contributed by atoms with van der Waals surface area (Å²) in [5.74, 6) is 3.67. The molecule has 1 amide bonds. The lowest BCUT2D eigenvalue weighted by atomic mass is 10.2. The van der Waals surface area contributed by atoms with E-state index in [9.17, 15) is 4.79 Å². The molecule has 1 saturated heterocycles. The van der Waals surface area contributed by atoms with Crippen LogP contribution >= 0.6 is 0 Å². The third-order valence-corrected chi connectivity index (χ3v) is 5.12. The fraction of sp³-hybridized carbons (Fsp3) is 0.261. The number of nitrogens with one attached hydrogen (secondary N) is 2. The quantitative estimate of drug-likeness (QED) is 0.464. The first kappa shape index (κ1) is 22.1. The molecule has 0 atom stereocenters. The van der Waals surface area contributed by atoms with Crippen LogP contribution in [0.15, 0.2) is 48.7 Å². The highest BCUT2D eigenvalue weighted by atomic mass is 16.3. The van der Waals surface area contributed by atoms with Crippen molar-refractivity contribution in [2.75, 3.05) is 54.9 Å². The molecule has 0 bridgehead atoms. The second-order valence-corrected chi connectivity index (χ2v) is 7.36. The molecule has 0 unspecified atom stereocenters. The van der Waals surface area contributed by atoms with Crippen LogP contribution in [0.3, 0.4) is 0 Å². The Hall–Kier alpha value is -4.07. The third kappa shape index (κ3) is 5.79. The summed E-state index contributed by atoms with van der Waals surface area (Å²) in [6, 6.07) is 12.6. The lowest BCUT2D eigenvalue weighted by Gasteiger charge is -2.34. The predicted octanol–water partition coefficient (Wildman–Crippen LogP) is 1.36. The Morgan fingerprint density at radius 1 is 1.06 bits per heavy atom. The van der Waals surface area contributed by atoms with Gasteiger partial charge in [0.2, 0.25) is 17.7 Å². The predicted molar refractivity (Wildman–Crippen MR) is 125 cm³/mol. The van der Waals surface area contributed by atoms with E-state index >= 15 is 0 Å². The first-order chi connectivity index (χ1) is 16.1. The molecule has 4 rings (SSSR count). The smallest absolute Gasteiger partial charge is 0.257 e. The summed E-state index contributed by atoms with van der Waals surface area (Å²) < 4.78 is 0. The van der Waals surface area contributed by atoms with Crippen molar-refractivity contribution < 1.29 is 9.90 Å². The molecule has 2 aromatic heterocycles. The van der Waals surface area contributed by atoms with E-state index in [1.165, 1.54) is 6.20 Å². The van der Waals surface area contributed by atoms with Crippen molar-refractivity contribution in [1.82, 2.24) is 24.8 Å². The maximum atomic E-state index is 12.4. The summed E-state index contributed by atoms with van der Waals surface area (Å²) in [4.78, 5) is 34.0. The van der Waals surface area contributed by atoms with Gasteiger partial charge in [-0.3, -0.25) is 9.69 Å². The van der Waals surface area contributed by atoms with Gasteiger partial charge in [0.05, 0.1) is 12.2 Å². The fourth-order valence-corrected chi connectivity index (χ4v) is 3.38. The van der Waals surface area contributed by atoms with Gasteiger partial charge in [-0.05, 0) is 30.2 Å². The zero-order valence-corrected chi connectivity index (χ0v) is 18.0. The highest BCUT2D eigenvalue weighted by Crippen LogP contribution is 2.17. The Morgan fingerprint density at radius 2 is 1.85 bits per heavy atom. The lowest BCUT2D eigenvalue weighted by molar-refractivity contribution is 0.102. The molecule has 1 aliphatic rings. The number of nitrogens with zero attached hydrogens (tertiary/aromatic N) is 6.